The van der Waals surface area contributed by atoms with Gasteiger partial charge in [0.15, 0.2) is 0 Å². The van der Waals surface area contributed by atoms with Gasteiger partial charge in [0.05, 0.1) is 12.2 Å². The molecule has 0 radical (unpaired) electrons. The van der Waals surface area contributed by atoms with E-state index in [2.05, 4.69) is 36.4 Å². The summed E-state index contributed by atoms with van der Waals surface area (Å²) in [6, 6.07) is 31.8. The van der Waals surface area contributed by atoms with Crippen LogP contribution in [0, 0.1) is 10.1 Å². The average molecular weight is 468 g/mol. The Morgan fingerprint density at radius 2 is 1.31 bits per heavy atom. The van der Waals surface area contributed by atoms with Crippen molar-refractivity contribution in [1.29, 1.82) is 0 Å². The molecular weight excluding hydrogens is 438 g/mol. The SMILES string of the molecule is O=[N+]([O-])C1CCCC[C@@H]1c1ccoc1COC(c1ccccc1)(c1ccccc1)c1ccccc1. The predicted octanol–water partition coefficient (Wildman–Crippen LogP) is 7.09. The summed E-state index contributed by atoms with van der Waals surface area (Å²) >= 11 is 0. The van der Waals surface area contributed by atoms with E-state index in [1.165, 1.54) is 0 Å². The van der Waals surface area contributed by atoms with Crippen LogP contribution in [0.15, 0.2) is 108 Å². The molecule has 3 aromatic carbocycles. The van der Waals surface area contributed by atoms with Crippen molar-refractivity contribution >= 4 is 0 Å². The van der Waals surface area contributed by atoms with E-state index in [-0.39, 0.29) is 17.4 Å². The highest BCUT2D eigenvalue weighted by molar-refractivity contribution is 5.47. The second-order valence-corrected chi connectivity index (χ2v) is 9.11. The molecular formula is C30H29NO4. The summed E-state index contributed by atoms with van der Waals surface area (Å²) in [5.74, 6) is 0.506. The molecule has 1 aliphatic carbocycles. The average Bonchev–Trinajstić information content (AvgIpc) is 3.39. The van der Waals surface area contributed by atoms with Gasteiger partial charge in [-0.05, 0) is 35.6 Å². The van der Waals surface area contributed by atoms with Gasteiger partial charge in [-0.3, -0.25) is 10.1 Å². The standard InChI is InChI=1S/C30H29NO4/c32-31(33)28-19-11-10-18-26(28)27-20-21-34-29(27)22-35-30(23-12-4-1-5-13-23,24-14-6-2-7-15-24)25-16-8-3-9-17-25/h1-9,12-17,20-21,26,28H,10-11,18-19,22H2/t26-,28?/m1/s1. The van der Waals surface area contributed by atoms with Gasteiger partial charge in [0.1, 0.15) is 18.0 Å². The molecule has 1 fully saturated rings. The Labute approximate surface area is 205 Å². The van der Waals surface area contributed by atoms with Gasteiger partial charge in [0.25, 0.3) is 0 Å². The van der Waals surface area contributed by atoms with Crippen LogP contribution in [0.1, 0.15) is 59.6 Å². The Bertz CT molecular complexity index is 1140. The number of ether oxygens (including phenoxy) is 1. The maximum Gasteiger partial charge on any atom is 0.220 e. The fourth-order valence-electron chi connectivity index (χ4n) is 5.47. The summed E-state index contributed by atoms with van der Waals surface area (Å²) in [5, 5.41) is 11.8. The van der Waals surface area contributed by atoms with Crippen molar-refractivity contribution in [2.24, 2.45) is 0 Å². The van der Waals surface area contributed by atoms with E-state index in [9.17, 15) is 10.1 Å². The zero-order valence-corrected chi connectivity index (χ0v) is 19.6. The van der Waals surface area contributed by atoms with Gasteiger partial charge in [0.2, 0.25) is 6.04 Å². The Morgan fingerprint density at radius 3 is 1.83 bits per heavy atom. The van der Waals surface area contributed by atoms with Crippen LogP contribution < -0.4 is 0 Å². The number of hydrogen-bond donors (Lipinski definition) is 0. The Hall–Kier alpha value is -3.70. The maximum absolute atomic E-state index is 11.8. The summed E-state index contributed by atoms with van der Waals surface area (Å²) < 4.78 is 12.8. The van der Waals surface area contributed by atoms with E-state index >= 15 is 0 Å². The van der Waals surface area contributed by atoms with Gasteiger partial charge in [-0.15, -0.1) is 0 Å². The Morgan fingerprint density at radius 1 is 0.800 bits per heavy atom. The van der Waals surface area contributed by atoms with Gasteiger partial charge in [-0.25, -0.2) is 0 Å². The lowest BCUT2D eigenvalue weighted by Crippen LogP contribution is -2.33. The van der Waals surface area contributed by atoms with E-state index in [4.69, 9.17) is 9.15 Å². The molecule has 1 unspecified atom stereocenters. The Balaban J connectivity index is 1.57. The minimum absolute atomic E-state index is 0.121. The number of furan rings is 1. The van der Waals surface area contributed by atoms with Gasteiger partial charge >= 0.3 is 0 Å². The van der Waals surface area contributed by atoms with Crippen molar-refractivity contribution in [2.75, 3.05) is 0 Å². The van der Waals surface area contributed by atoms with Crippen LogP contribution in [0.2, 0.25) is 0 Å². The fourth-order valence-corrected chi connectivity index (χ4v) is 5.47. The third-order valence-electron chi connectivity index (χ3n) is 7.14. The molecule has 35 heavy (non-hydrogen) atoms. The molecule has 0 aliphatic heterocycles. The van der Waals surface area contributed by atoms with Crippen LogP contribution in [-0.4, -0.2) is 11.0 Å². The van der Waals surface area contributed by atoms with Crippen LogP contribution >= 0.6 is 0 Å². The van der Waals surface area contributed by atoms with Crippen LogP contribution in [0.3, 0.4) is 0 Å². The van der Waals surface area contributed by atoms with Crippen molar-refractivity contribution in [2.45, 2.75) is 49.9 Å². The lowest BCUT2D eigenvalue weighted by Gasteiger charge is -2.36. The van der Waals surface area contributed by atoms with Crippen LogP contribution in [0.4, 0.5) is 0 Å². The summed E-state index contributed by atoms with van der Waals surface area (Å²) in [4.78, 5) is 11.7. The van der Waals surface area contributed by atoms with E-state index in [1.807, 2.05) is 60.7 Å². The minimum atomic E-state index is -0.872. The first-order valence-electron chi connectivity index (χ1n) is 12.2. The monoisotopic (exact) mass is 467 g/mol. The molecule has 2 atom stereocenters. The lowest BCUT2D eigenvalue weighted by atomic mass is 9.79. The molecule has 0 spiro atoms. The number of rotatable bonds is 8. The predicted molar refractivity (Wildman–Crippen MR) is 135 cm³/mol. The van der Waals surface area contributed by atoms with Gasteiger partial charge in [0, 0.05) is 16.9 Å². The topological polar surface area (TPSA) is 65.5 Å². The third kappa shape index (κ3) is 4.52. The molecule has 178 valence electrons. The van der Waals surface area contributed by atoms with Gasteiger partial charge in [-0.2, -0.15) is 0 Å². The molecule has 1 heterocycles. The Kier molecular flexibility index (Phi) is 6.77. The molecule has 1 aromatic heterocycles. The van der Waals surface area contributed by atoms with Crippen LogP contribution in [-0.2, 0) is 16.9 Å². The molecule has 0 saturated heterocycles. The first-order valence-corrected chi connectivity index (χ1v) is 12.2. The molecule has 0 bridgehead atoms. The van der Waals surface area contributed by atoms with Crippen molar-refractivity contribution in [1.82, 2.24) is 0 Å². The largest absolute Gasteiger partial charge is 0.467 e. The van der Waals surface area contributed by atoms with Gasteiger partial charge < -0.3 is 9.15 Å². The van der Waals surface area contributed by atoms with Crippen molar-refractivity contribution < 1.29 is 14.1 Å². The van der Waals surface area contributed by atoms with Crippen molar-refractivity contribution in [3.8, 4) is 0 Å². The highest BCUT2D eigenvalue weighted by atomic mass is 16.6. The molecule has 1 aliphatic rings. The smallest absolute Gasteiger partial charge is 0.220 e. The highest BCUT2D eigenvalue weighted by Crippen LogP contribution is 2.42. The molecule has 0 amide bonds. The minimum Gasteiger partial charge on any atom is -0.467 e. The lowest BCUT2D eigenvalue weighted by molar-refractivity contribution is -0.530. The normalized spacial score (nSPS) is 18.3. The zero-order valence-electron chi connectivity index (χ0n) is 19.6. The van der Waals surface area contributed by atoms with E-state index in [1.54, 1.807) is 6.26 Å². The third-order valence-corrected chi connectivity index (χ3v) is 7.14. The number of benzene rings is 3. The molecule has 0 N–H and O–H groups in total. The molecule has 5 rings (SSSR count). The van der Waals surface area contributed by atoms with Crippen molar-refractivity contribution in [3.05, 3.63) is 141 Å². The van der Waals surface area contributed by atoms with Crippen LogP contribution in [0.5, 0.6) is 0 Å². The van der Waals surface area contributed by atoms with Crippen LogP contribution in [0.25, 0.3) is 0 Å². The summed E-state index contributed by atoms with van der Waals surface area (Å²) in [6.45, 7) is 0.196. The van der Waals surface area contributed by atoms with Gasteiger partial charge in [-0.1, -0.05) is 97.4 Å². The number of nitrogens with zero attached hydrogens (tertiary/aromatic N) is 1. The summed E-state index contributed by atoms with van der Waals surface area (Å²) in [7, 11) is 0. The summed E-state index contributed by atoms with van der Waals surface area (Å²) in [6.07, 6.45) is 4.91. The van der Waals surface area contributed by atoms with E-state index < -0.39 is 11.6 Å². The zero-order chi connectivity index (χ0) is 24.1. The fraction of sp³-hybridized carbons (Fsp3) is 0.267. The molecule has 4 aromatic rings. The first-order chi connectivity index (χ1) is 17.2. The molecule has 5 heteroatoms. The van der Waals surface area contributed by atoms with E-state index in [0.29, 0.717) is 12.2 Å². The van der Waals surface area contributed by atoms with Crippen molar-refractivity contribution in [3.63, 3.8) is 0 Å². The number of hydrogen-bond acceptors (Lipinski definition) is 4. The molecule has 5 nitrogen and oxygen atoms in total. The number of nitro groups is 1. The summed E-state index contributed by atoms with van der Waals surface area (Å²) in [5.41, 5.74) is 3.04. The second kappa shape index (κ2) is 10.3. The first kappa shape index (κ1) is 23.1. The molecule has 1 saturated carbocycles. The second-order valence-electron chi connectivity index (χ2n) is 9.11. The van der Waals surface area contributed by atoms with E-state index in [0.717, 1.165) is 41.5 Å². The highest BCUT2D eigenvalue weighted by Gasteiger charge is 2.40. The maximum atomic E-state index is 11.8. The quantitative estimate of drug-likeness (QED) is 0.158.